The van der Waals surface area contributed by atoms with Gasteiger partial charge in [0.1, 0.15) is 5.75 Å². The van der Waals surface area contributed by atoms with Crippen LogP contribution < -0.4 is 9.57 Å². The van der Waals surface area contributed by atoms with Gasteiger partial charge in [0.15, 0.2) is 0 Å². The normalized spacial score (nSPS) is 11.5. The standard InChI is InChI=1S/C18H14ClFN4O3S/c1-12-2-8-15(9-3-12)28(25,26)24-22-10-13-4-6-14(7-5-13)27-17-16(20)11-21-18(19)23-17/h2-11,24H,1H3/b22-10-. The summed E-state index contributed by atoms with van der Waals surface area (Å²) >= 11 is 5.61. The molecule has 0 aliphatic rings. The van der Waals surface area contributed by atoms with Gasteiger partial charge in [-0.1, -0.05) is 17.7 Å². The zero-order chi connectivity index (χ0) is 20.1. The maximum Gasteiger partial charge on any atom is 0.276 e. The number of halogens is 2. The number of sulfonamides is 1. The van der Waals surface area contributed by atoms with Crippen LogP contribution in [0, 0.1) is 12.7 Å². The third-order valence-electron chi connectivity index (χ3n) is 3.49. The van der Waals surface area contributed by atoms with E-state index in [0.29, 0.717) is 11.3 Å². The predicted molar refractivity (Wildman–Crippen MR) is 103 cm³/mol. The number of hydrogen-bond acceptors (Lipinski definition) is 6. The van der Waals surface area contributed by atoms with E-state index in [1.807, 2.05) is 6.92 Å². The maximum absolute atomic E-state index is 13.6. The molecule has 0 atom stereocenters. The first-order valence-electron chi connectivity index (χ1n) is 7.91. The van der Waals surface area contributed by atoms with E-state index in [-0.39, 0.29) is 16.1 Å². The Morgan fingerprint density at radius 1 is 1.14 bits per heavy atom. The summed E-state index contributed by atoms with van der Waals surface area (Å²) in [6.07, 6.45) is 2.24. The van der Waals surface area contributed by atoms with Gasteiger partial charge >= 0.3 is 0 Å². The largest absolute Gasteiger partial charge is 0.436 e. The monoisotopic (exact) mass is 420 g/mol. The molecule has 0 bridgehead atoms. The highest BCUT2D eigenvalue weighted by Gasteiger charge is 2.12. The number of hydrazone groups is 1. The fraction of sp³-hybridized carbons (Fsp3) is 0.0556. The molecule has 2 aromatic carbocycles. The number of rotatable bonds is 6. The molecule has 144 valence electrons. The topological polar surface area (TPSA) is 93.5 Å². The Labute approximate surface area is 165 Å². The average molecular weight is 421 g/mol. The van der Waals surface area contributed by atoms with Gasteiger partial charge in [-0.05, 0) is 60.5 Å². The van der Waals surface area contributed by atoms with Crippen molar-refractivity contribution in [3.05, 3.63) is 77.0 Å². The number of hydrogen-bond donors (Lipinski definition) is 1. The second kappa shape index (κ2) is 8.32. The first kappa shape index (κ1) is 19.7. The van der Waals surface area contributed by atoms with Gasteiger partial charge in [0.2, 0.25) is 11.1 Å². The number of nitrogens with one attached hydrogen (secondary N) is 1. The molecule has 0 aliphatic heterocycles. The van der Waals surface area contributed by atoms with E-state index in [0.717, 1.165) is 11.8 Å². The van der Waals surface area contributed by atoms with E-state index in [1.165, 1.54) is 18.3 Å². The van der Waals surface area contributed by atoms with Crippen LogP contribution in [0.1, 0.15) is 11.1 Å². The fourth-order valence-corrected chi connectivity index (χ4v) is 2.99. The van der Waals surface area contributed by atoms with E-state index in [2.05, 4.69) is 19.9 Å². The van der Waals surface area contributed by atoms with Crippen molar-refractivity contribution in [1.29, 1.82) is 0 Å². The van der Waals surface area contributed by atoms with E-state index in [4.69, 9.17) is 16.3 Å². The summed E-state index contributed by atoms with van der Waals surface area (Å²) in [4.78, 5) is 9.41. The Morgan fingerprint density at radius 2 is 1.82 bits per heavy atom. The van der Waals surface area contributed by atoms with Crippen LogP contribution in [0.15, 0.2) is 64.7 Å². The quantitative estimate of drug-likeness (QED) is 0.373. The van der Waals surface area contributed by atoms with Crippen molar-refractivity contribution in [2.24, 2.45) is 5.10 Å². The lowest BCUT2D eigenvalue weighted by atomic mass is 10.2. The van der Waals surface area contributed by atoms with Gasteiger partial charge in [-0.3, -0.25) is 0 Å². The maximum atomic E-state index is 13.6. The minimum Gasteiger partial charge on any atom is -0.436 e. The van der Waals surface area contributed by atoms with Gasteiger partial charge < -0.3 is 4.74 Å². The zero-order valence-electron chi connectivity index (χ0n) is 14.5. The molecule has 3 aromatic rings. The molecular formula is C18H14ClFN4O3S. The third-order valence-corrected chi connectivity index (χ3v) is 4.92. The molecule has 0 saturated carbocycles. The predicted octanol–water partition coefficient (Wildman–Crippen LogP) is 3.68. The molecule has 0 spiro atoms. The lowest BCUT2D eigenvalue weighted by molar-refractivity contribution is 0.420. The molecule has 0 aliphatic carbocycles. The van der Waals surface area contributed by atoms with Crippen LogP contribution in [-0.4, -0.2) is 24.6 Å². The fourth-order valence-electron chi connectivity index (χ4n) is 2.08. The Balaban J connectivity index is 1.65. The van der Waals surface area contributed by atoms with E-state index in [1.54, 1.807) is 36.4 Å². The first-order chi connectivity index (χ1) is 13.3. The molecule has 0 radical (unpaired) electrons. The van der Waals surface area contributed by atoms with Crippen molar-refractivity contribution >= 4 is 27.8 Å². The Morgan fingerprint density at radius 3 is 2.50 bits per heavy atom. The summed E-state index contributed by atoms with van der Waals surface area (Å²) in [7, 11) is -3.75. The smallest absolute Gasteiger partial charge is 0.276 e. The van der Waals surface area contributed by atoms with E-state index in [9.17, 15) is 12.8 Å². The SMILES string of the molecule is Cc1ccc(S(=O)(=O)N/N=C\c2ccc(Oc3nc(Cl)ncc3F)cc2)cc1. The minimum absolute atomic E-state index is 0.115. The van der Waals surface area contributed by atoms with Crippen LogP contribution in [0.4, 0.5) is 4.39 Å². The van der Waals surface area contributed by atoms with Crippen LogP contribution in [-0.2, 0) is 10.0 Å². The second-order valence-corrected chi connectivity index (χ2v) is 7.63. The molecule has 1 aromatic heterocycles. The van der Waals surface area contributed by atoms with Crippen LogP contribution in [0.5, 0.6) is 11.6 Å². The lowest BCUT2D eigenvalue weighted by Gasteiger charge is -2.06. The Kier molecular flexibility index (Phi) is 5.86. The van der Waals surface area contributed by atoms with Gasteiger partial charge in [-0.2, -0.15) is 22.9 Å². The van der Waals surface area contributed by atoms with Gasteiger partial charge in [0.25, 0.3) is 15.9 Å². The Hall–Kier alpha value is -3.04. The summed E-state index contributed by atoms with van der Waals surface area (Å²) in [5.41, 5.74) is 1.55. The zero-order valence-corrected chi connectivity index (χ0v) is 16.1. The molecule has 28 heavy (non-hydrogen) atoms. The van der Waals surface area contributed by atoms with Gasteiger partial charge in [-0.15, -0.1) is 0 Å². The molecule has 0 saturated heterocycles. The second-order valence-electron chi connectivity index (χ2n) is 5.63. The van der Waals surface area contributed by atoms with Crippen molar-refractivity contribution in [2.75, 3.05) is 0 Å². The molecule has 3 rings (SSSR count). The molecule has 10 heteroatoms. The number of benzene rings is 2. The highest BCUT2D eigenvalue weighted by molar-refractivity contribution is 7.89. The van der Waals surface area contributed by atoms with Crippen molar-refractivity contribution < 1.29 is 17.5 Å². The van der Waals surface area contributed by atoms with Gasteiger partial charge in [0, 0.05) is 0 Å². The molecule has 0 amide bonds. The summed E-state index contributed by atoms with van der Waals surface area (Å²) in [5.74, 6) is -0.737. The highest BCUT2D eigenvalue weighted by Crippen LogP contribution is 2.23. The first-order valence-corrected chi connectivity index (χ1v) is 9.77. The molecular weight excluding hydrogens is 407 g/mol. The van der Waals surface area contributed by atoms with Crippen LogP contribution >= 0.6 is 11.6 Å². The number of aryl methyl sites for hydroxylation is 1. The van der Waals surface area contributed by atoms with Crippen LogP contribution in [0.3, 0.4) is 0 Å². The van der Waals surface area contributed by atoms with E-state index >= 15 is 0 Å². The van der Waals surface area contributed by atoms with Crippen molar-refractivity contribution in [2.45, 2.75) is 11.8 Å². The molecule has 7 nitrogen and oxygen atoms in total. The number of nitrogens with zero attached hydrogens (tertiary/aromatic N) is 3. The molecule has 1 heterocycles. The van der Waals surface area contributed by atoms with Crippen molar-refractivity contribution in [3.63, 3.8) is 0 Å². The number of ether oxygens (including phenoxy) is 1. The van der Waals surface area contributed by atoms with Crippen molar-refractivity contribution in [1.82, 2.24) is 14.8 Å². The summed E-state index contributed by atoms with van der Waals surface area (Å²) in [6.45, 7) is 1.86. The summed E-state index contributed by atoms with van der Waals surface area (Å²) < 4.78 is 43.2. The highest BCUT2D eigenvalue weighted by atomic mass is 35.5. The lowest BCUT2D eigenvalue weighted by Crippen LogP contribution is -2.18. The third kappa shape index (κ3) is 5.02. The van der Waals surface area contributed by atoms with E-state index < -0.39 is 15.8 Å². The van der Waals surface area contributed by atoms with Gasteiger partial charge in [-0.25, -0.2) is 9.82 Å². The minimum atomic E-state index is -3.75. The molecule has 0 fully saturated rings. The van der Waals surface area contributed by atoms with Crippen LogP contribution in [0.25, 0.3) is 0 Å². The average Bonchev–Trinajstić information content (AvgIpc) is 2.66. The summed E-state index contributed by atoms with van der Waals surface area (Å²) in [5, 5.41) is 3.61. The molecule has 0 unspecified atom stereocenters. The number of aromatic nitrogens is 2. The molecule has 1 N–H and O–H groups in total. The van der Waals surface area contributed by atoms with Gasteiger partial charge in [0.05, 0.1) is 17.3 Å². The Bertz CT molecular complexity index is 1100. The summed E-state index contributed by atoms with van der Waals surface area (Å²) in [6, 6.07) is 12.7. The van der Waals surface area contributed by atoms with Crippen LogP contribution in [0.2, 0.25) is 5.28 Å². The van der Waals surface area contributed by atoms with Crippen molar-refractivity contribution in [3.8, 4) is 11.6 Å².